The Morgan fingerprint density at radius 2 is 2.03 bits per heavy atom. The summed E-state index contributed by atoms with van der Waals surface area (Å²) in [6.45, 7) is 3.27. The van der Waals surface area contributed by atoms with Gasteiger partial charge >= 0.3 is 6.61 Å². The van der Waals surface area contributed by atoms with E-state index >= 15 is 0 Å². The number of nitrogens with zero attached hydrogens (tertiary/aromatic N) is 1. The minimum atomic E-state index is -3.16. The SMILES string of the molecule is CC(C)(C)CN[C@H](C(N)=O)C(=O)Nc1ccc(N2CCOCC2=O)cc1OC(F)F. The first-order valence-electron chi connectivity index (χ1n) is 9.28. The van der Waals surface area contributed by atoms with E-state index in [0.29, 0.717) is 18.8 Å². The molecule has 1 heterocycles. The van der Waals surface area contributed by atoms with Gasteiger partial charge in [0.1, 0.15) is 6.61 Å². The standard InChI is InChI=1S/C19H26F2N4O5/c1-19(2,3)10-23-15(16(22)27)17(28)24-12-5-4-11(8-13(12)30-18(20)21)25-6-7-29-9-14(25)26/h4-5,8,15,18,23H,6-7,9-10H2,1-3H3,(H2,22,27)(H,24,28)/t15-/m1/s1. The Bertz CT molecular complexity index is 798. The molecule has 1 aliphatic heterocycles. The molecule has 0 aromatic heterocycles. The zero-order valence-corrected chi connectivity index (χ0v) is 17.0. The number of amides is 3. The molecular formula is C19H26F2N4O5. The zero-order valence-electron chi connectivity index (χ0n) is 17.0. The Morgan fingerprint density at radius 3 is 2.60 bits per heavy atom. The quantitative estimate of drug-likeness (QED) is 0.533. The molecule has 0 bridgehead atoms. The van der Waals surface area contributed by atoms with Gasteiger partial charge in [0.25, 0.3) is 11.8 Å². The van der Waals surface area contributed by atoms with Gasteiger partial charge in [-0.05, 0) is 17.5 Å². The molecule has 1 fully saturated rings. The van der Waals surface area contributed by atoms with Crippen LogP contribution in [0.5, 0.6) is 5.75 Å². The molecule has 1 saturated heterocycles. The molecule has 3 amide bonds. The number of hydrogen-bond donors (Lipinski definition) is 3. The lowest BCUT2D eigenvalue weighted by Gasteiger charge is -2.27. The molecule has 0 unspecified atom stereocenters. The third-order valence-electron chi connectivity index (χ3n) is 4.12. The molecule has 11 heteroatoms. The second-order valence-electron chi connectivity index (χ2n) is 7.92. The molecule has 0 aliphatic carbocycles. The minimum absolute atomic E-state index is 0.0893. The van der Waals surface area contributed by atoms with E-state index in [1.165, 1.54) is 23.1 Å². The Kier molecular flexibility index (Phi) is 7.68. The van der Waals surface area contributed by atoms with E-state index in [4.69, 9.17) is 10.5 Å². The molecule has 0 spiro atoms. The predicted octanol–water partition coefficient (Wildman–Crippen LogP) is 1.08. The summed E-state index contributed by atoms with van der Waals surface area (Å²) in [6, 6.07) is 2.63. The molecule has 9 nitrogen and oxygen atoms in total. The van der Waals surface area contributed by atoms with Crippen LogP contribution in [0.25, 0.3) is 0 Å². The maximum Gasteiger partial charge on any atom is 0.387 e. The first-order valence-corrected chi connectivity index (χ1v) is 9.28. The Balaban J connectivity index is 2.24. The number of halogens is 2. The van der Waals surface area contributed by atoms with Crippen molar-refractivity contribution in [2.24, 2.45) is 11.1 Å². The van der Waals surface area contributed by atoms with Gasteiger partial charge in [-0.2, -0.15) is 8.78 Å². The van der Waals surface area contributed by atoms with E-state index in [1.807, 2.05) is 20.8 Å². The number of nitrogens with two attached hydrogens (primary N) is 1. The van der Waals surface area contributed by atoms with Crippen LogP contribution < -0.4 is 26.0 Å². The first kappa shape index (κ1) is 23.5. The van der Waals surface area contributed by atoms with Gasteiger partial charge in [-0.25, -0.2) is 0 Å². The Morgan fingerprint density at radius 1 is 1.33 bits per heavy atom. The summed E-state index contributed by atoms with van der Waals surface area (Å²) < 4.78 is 35.4. The van der Waals surface area contributed by atoms with Crippen molar-refractivity contribution in [1.82, 2.24) is 5.32 Å². The molecule has 0 saturated carbocycles. The number of hydrogen-bond acceptors (Lipinski definition) is 6. The van der Waals surface area contributed by atoms with Crippen molar-refractivity contribution in [3.63, 3.8) is 0 Å². The summed E-state index contributed by atoms with van der Waals surface area (Å²) in [6.07, 6.45) is 0. The molecule has 1 aromatic rings. The number of carbonyl (C=O) groups is 3. The van der Waals surface area contributed by atoms with Gasteiger partial charge in [0, 0.05) is 24.8 Å². The van der Waals surface area contributed by atoms with Crippen molar-refractivity contribution >= 4 is 29.1 Å². The van der Waals surface area contributed by atoms with Crippen LogP contribution in [-0.4, -0.2) is 56.7 Å². The van der Waals surface area contributed by atoms with Crippen LogP contribution in [0.2, 0.25) is 0 Å². The summed E-state index contributed by atoms with van der Waals surface area (Å²) in [7, 11) is 0. The lowest BCUT2D eigenvalue weighted by molar-refractivity contribution is -0.128. The van der Waals surface area contributed by atoms with E-state index in [-0.39, 0.29) is 35.9 Å². The van der Waals surface area contributed by atoms with Crippen molar-refractivity contribution in [3.8, 4) is 5.75 Å². The molecule has 1 atom stereocenters. The molecular weight excluding hydrogens is 402 g/mol. The van der Waals surface area contributed by atoms with Gasteiger partial charge in [-0.3, -0.25) is 19.7 Å². The van der Waals surface area contributed by atoms with Crippen molar-refractivity contribution in [2.45, 2.75) is 33.4 Å². The Labute approximate surface area is 172 Å². The average molecular weight is 428 g/mol. The third kappa shape index (κ3) is 6.63. The van der Waals surface area contributed by atoms with Gasteiger partial charge in [0.2, 0.25) is 5.91 Å². The van der Waals surface area contributed by atoms with Crippen molar-refractivity contribution < 1.29 is 32.6 Å². The van der Waals surface area contributed by atoms with Gasteiger partial charge in [0.05, 0.1) is 12.3 Å². The minimum Gasteiger partial charge on any atom is -0.433 e. The highest BCUT2D eigenvalue weighted by molar-refractivity contribution is 6.10. The fourth-order valence-electron chi connectivity index (χ4n) is 2.70. The maximum atomic E-state index is 12.9. The van der Waals surface area contributed by atoms with E-state index in [9.17, 15) is 23.2 Å². The van der Waals surface area contributed by atoms with E-state index < -0.39 is 24.5 Å². The lowest BCUT2D eigenvalue weighted by atomic mass is 9.96. The fraction of sp³-hybridized carbons (Fsp3) is 0.526. The highest BCUT2D eigenvalue weighted by Gasteiger charge is 2.28. The number of anilines is 2. The number of alkyl halides is 2. The number of ether oxygens (including phenoxy) is 2. The third-order valence-corrected chi connectivity index (χ3v) is 4.12. The molecule has 0 radical (unpaired) electrons. The number of benzene rings is 1. The van der Waals surface area contributed by atoms with Crippen LogP contribution in [0, 0.1) is 5.41 Å². The summed E-state index contributed by atoms with van der Waals surface area (Å²) in [5.74, 6) is -2.42. The monoisotopic (exact) mass is 428 g/mol. The number of morpholine rings is 1. The molecule has 4 N–H and O–H groups in total. The molecule has 1 aromatic carbocycles. The van der Waals surface area contributed by atoms with Crippen LogP contribution in [-0.2, 0) is 19.1 Å². The van der Waals surface area contributed by atoms with Crippen LogP contribution in [0.4, 0.5) is 20.2 Å². The number of nitrogens with one attached hydrogen (secondary N) is 2. The molecule has 1 aliphatic rings. The van der Waals surface area contributed by atoms with Crippen LogP contribution >= 0.6 is 0 Å². The van der Waals surface area contributed by atoms with E-state index in [2.05, 4.69) is 15.4 Å². The molecule has 2 rings (SSSR count). The normalized spacial score (nSPS) is 15.8. The van der Waals surface area contributed by atoms with Crippen LogP contribution in [0.3, 0.4) is 0 Å². The summed E-state index contributed by atoms with van der Waals surface area (Å²) in [4.78, 5) is 37.6. The first-order chi connectivity index (χ1) is 14.0. The predicted molar refractivity (Wildman–Crippen MR) is 105 cm³/mol. The van der Waals surface area contributed by atoms with Crippen molar-refractivity contribution in [3.05, 3.63) is 18.2 Å². The number of rotatable bonds is 8. The maximum absolute atomic E-state index is 12.9. The largest absolute Gasteiger partial charge is 0.433 e. The summed E-state index contributed by atoms with van der Waals surface area (Å²) in [5.41, 5.74) is 5.30. The molecule has 166 valence electrons. The second-order valence-corrected chi connectivity index (χ2v) is 7.92. The van der Waals surface area contributed by atoms with Crippen molar-refractivity contribution in [1.29, 1.82) is 0 Å². The lowest BCUT2D eigenvalue weighted by Crippen LogP contribution is -2.51. The summed E-state index contributed by atoms with van der Waals surface area (Å²) in [5, 5.41) is 5.15. The van der Waals surface area contributed by atoms with Crippen LogP contribution in [0.1, 0.15) is 20.8 Å². The average Bonchev–Trinajstić information content (AvgIpc) is 2.62. The van der Waals surface area contributed by atoms with Gasteiger partial charge in [-0.1, -0.05) is 20.8 Å². The number of carbonyl (C=O) groups excluding carboxylic acids is 3. The van der Waals surface area contributed by atoms with Crippen molar-refractivity contribution in [2.75, 3.05) is 36.5 Å². The number of primary amides is 1. The summed E-state index contributed by atoms with van der Waals surface area (Å²) >= 11 is 0. The van der Waals surface area contributed by atoms with E-state index in [0.717, 1.165) is 0 Å². The van der Waals surface area contributed by atoms with Gasteiger partial charge < -0.3 is 25.4 Å². The highest BCUT2D eigenvalue weighted by atomic mass is 19.3. The Hall–Kier alpha value is -2.79. The fourth-order valence-corrected chi connectivity index (χ4v) is 2.70. The van der Waals surface area contributed by atoms with Crippen LogP contribution in [0.15, 0.2) is 18.2 Å². The highest BCUT2D eigenvalue weighted by Crippen LogP contribution is 2.32. The smallest absolute Gasteiger partial charge is 0.387 e. The van der Waals surface area contributed by atoms with Gasteiger partial charge in [0.15, 0.2) is 11.8 Å². The topological polar surface area (TPSA) is 123 Å². The van der Waals surface area contributed by atoms with E-state index in [1.54, 1.807) is 0 Å². The second kappa shape index (κ2) is 9.81. The molecule has 30 heavy (non-hydrogen) atoms. The van der Waals surface area contributed by atoms with Gasteiger partial charge in [-0.15, -0.1) is 0 Å². The zero-order chi connectivity index (χ0) is 22.5.